The van der Waals surface area contributed by atoms with Crippen molar-refractivity contribution in [1.29, 1.82) is 0 Å². The van der Waals surface area contributed by atoms with Crippen LogP contribution in [0.15, 0.2) is 65.4 Å². The van der Waals surface area contributed by atoms with Crippen molar-refractivity contribution in [3.05, 3.63) is 76.5 Å². The Hall–Kier alpha value is -1.71. The van der Waals surface area contributed by atoms with Crippen LogP contribution in [0.25, 0.3) is 10.8 Å². The minimum atomic E-state index is -1.05. The lowest BCUT2D eigenvalue weighted by molar-refractivity contribution is 0.104. The molecule has 0 aliphatic carbocycles. The molecule has 1 heterocycles. The van der Waals surface area contributed by atoms with E-state index in [2.05, 4.69) is 20.9 Å². The molecule has 1 unspecified atom stereocenters. The van der Waals surface area contributed by atoms with Crippen LogP contribution in [0.5, 0.6) is 0 Å². The zero-order valence-electron chi connectivity index (χ0n) is 11.0. The fourth-order valence-corrected chi connectivity index (χ4v) is 2.73. The second kappa shape index (κ2) is 5.00. The molecule has 0 fully saturated rings. The molecule has 3 rings (SSSR count). The summed E-state index contributed by atoms with van der Waals surface area (Å²) in [7, 11) is 0. The van der Waals surface area contributed by atoms with Gasteiger partial charge >= 0.3 is 0 Å². The topological polar surface area (TPSA) is 33.1 Å². The zero-order chi connectivity index (χ0) is 14.2. The first-order valence-corrected chi connectivity index (χ1v) is 7.20. The van der Waals surface area contributed by atoms with Crippen LogP contribution in [-0.2, 0) is 5.60 Å². The van der Waals surface area contributed by atoms with Crippen molar-refractivity contribution in [1.82, 2.24) is 4.98 Å². The number of aromatic nitrogens is 1. The summed E-state index contributed by atoms with van der Waals surface area (Å²) in [5.41, 5.74) is 0.672. The Morgan fingerprint density at radius 2 is 1.80 bits per heavy atom. The van der Waals surface area contributed by atoms with Gasteiger partial charge < -0.3 is 5.11 Å². The number of halogens is 1. The standard InChI is InChI=1S/C17H14BrNO/c1-17(20,13-5-7-14(18)8-6-13)16-4-2-3-12-9-10-19-11-15(12)16/h2-11,20H,1H3. The summed E-state index contributed by atoms with van der Waals surface area (Å²) >= 11 is 3.42. The Labute approximate surface area is 126 Å². The van der Waals surface area contributed by atoms with E-state index in [1.54, 1.807) is 12.4 Å². The van der Waals surface area contributed by atoms with Crippen molar-refractivity contribution in [2.75, 3.05) is 0 Å². The zero-order valence-corrected chi connectivity index (χ0v) is 12.6. The quantitative estimate of drug-likeness (QED) is 0.763. The maximum atomic E-state index is 11.0. The summed E-state index contributed by atoms with van der Waals surface area (Å²) in [6, 6.07) is 15.6. The largest absolute Gasteiger partial charge is 0.381 e. The summed E-state index contributed by atoms with van der Waals surface area (Å²) in [5.74, 6) is 0. The van der Waals surface area contributed by atoms with Crippen LogP contribution in [0.1, 0.15) is 18.1 Å². The summed E-state index contributed by atoms with van der Waals surface area (Å²) < 4.78 is 0.997. The fourth-order valence-electron chi connectivity index (χ4n) is 2.47. The highest BCUT2D eigenvalue weighted by Gasteiger charge is 2.27. The number of hydrogen-bond donors (Lipinski definition) is 1. The number of pyridine rings is 1. The summed E-state index contributed by atoms with van der Waals surface area (Å²) in [5, 5.41) is 13.1. The molecule has 100 valence electrons. The van der Waals surface area contributed by atoms with E-state index in [1.807, 2.05) is 55.5 Å². The number of rotatable bonds is 2. The number of aliphatic hydroxyl groups is 1. The highest BCUT2D eigenvalue weighted by molar-refractivity contribution is 9.10. The second-order valence-corrected chi connectivity index (χ2v) is 5.90. The SMILES string of the molecule is CC(O)(c1ccc(Br)cc1)c1cccc2ccncc12. The normalized spacial score (nSPS) is 14.2. The first-order valence-electron chi connectivity index (χ1n) is 6.41. The third-order valence-corrected chi connectivity index (χ3v) is 4.14. The minimum absolute atomic E-state index is 0.858. The molecule has 0 aliphatic heterocycles. The van der Waals surface area contributed by atoms with Gasteiger partial charge in [-0.15, -0.1) is 0 Å². The van der Waals surface area contributed by atoms with Gasteiger partial charge in [0.15, 0.2) is 0 Å². The molecule has 0 radical (unpaired) electrons. The van der Waals surface area contributed by atoms with Crippen molar-refractivity contribution >= 4 is 26.7 Å². The van der Waals surface area contributed by atoms with Crippen molar-refractivity contribution in [3.8, 4) is 0 Å². The average molecular weight is 328 g/mol. The highest BCUT2D eigenvalue weighted by atomic mass is 79.9. The van der Waals surface area contributed by atoms with Gasteiger partial charge in [0, 0.05) is 22.3 Å². The lowest BCUT2D eigenvalue weighted by atomic mass is 9.86. The van der Waals surface area contributed by atoms with Gasteiger partial charge in [0.2, 0.25) is 0 Å². The van der Waals surface area contributed by atoms with Crippen molar-refractivity contribution in [2.24, 2.45) is 0 Å². The Balaban J connectivity index is 2.20. The Bertz CT molecular complexity index is 745. The van der Waals surface area contributed by atoms with Crippen molar-refractivity contribution in [2.45, 2.75) is 12.5 Å². The maximum absolute atomic E-state index is 11.0. The lowest BCUT2D eigenvalue weighted by Gasteiger charge is -2.26. The van der Waals surface area contributed by atoms with E-state index < -0.39 is 5.60 Å². The number of hydrogen-bond acceptors (Lipinski definition) is 2. The summed E-state index contributed by atoms with van der Waals surface area (Å²) in [6.45, 7) is 1.82. The lowest BCUT2D eigenvalue weighted by Crippen LogP contribution is -2.23. The smallest absolute Gasteiger partial charge is 0.112 e. The van der Waals surface area contributed by atoms with E-state index >= 15 is 0 Å². The summed E-state index contributed by atoms with van der Waals surface area (Å²) in [4.78, 5) is 4.18. The first kappa shape index (κ1) is 13.3. The van der Waals surface area contributed by atoms with Gasteiger partial charge in [-0.05, 0) is 41.6 Å². The van der Waals surface area contributed by atoms with E-state index in [9.17, 15) is 5.11 Å². The molecule has 3 aromatic rings. The molecule has 0 bridgehead atoms. The molecule has 0 amide bonds. The van der Waals surface area contributed by atoms with E-state index in [-0.39, 0.29) is 0 Å². The maximum Gasteiger partial charge on any atom is 0.112 e. The predicted octanol–water partition coefficient (Wildman–Crippen LogP) is 4.25. The van der Waals surface area contributed by atoms with Gasteiger partial charge in [-0.3, -0.25) is 4.98 Å². The predicted molar refractivity (Wildman–Crippen MR) is 84.6 cm³/mol. The fraction of sp³-hybridized carbons (Fsp3) is 0.118. The molecule has 0 saturated carbocycles. The number of benzene rings is 2. The average Bonchev–Trinajstić information content (AvgIpc) is 2.47. The molecule has 1 aromatic heterocycles. The van der Waals surface area contributed by atoms with Crippen LogP contribution in [0.2, 0.25) is 0 Å². The van der Waals surface area contributed by atoms with Gasteiger partial charge in [-0.25, -0.2) is 0 Å². The van der Waals surface area contributed by atoms with Gasteiger partial charge in [-0.2, -0.15) is 0 Å². The molecule has 0 spiro atoms. The van der Waals surface area contributed by atoms with E-state index in [0.29, 0.717) is 0 Å². The van der Waals surface area contributed by atoms with Crippen molar-refractivity contribution < 1.29 is 5.11 Å². The third-order valence-electron chi connectivity index (χ3n) is 3.61. The molecule has 20 heavy (non-hydrogen) atoms. The molecular weight excluding hydrogens is 314 g/mol. The monoisotopic (exact) mass is 327 g/mol. The van der Waals surface area contributed by atoms with Crippen LogP contribution in [0.4, 0.5) is 0 Å². The molecule has 1 N–H and O–H groups in total. The molecule has 1 atom stereocenters. The van der Waals surface area contributed by atoms with Crippen LogP contribution in [-0.4, -0.2) is 10.1 Å². The van der Waals surface area contributed by atoms with Gasteiger partial charge in [0.05, 0.1) is 0 Å². The molecule has 2 aromatic carbocycles. The molecule has 0 saturated heterocycles. The van der Waals surface area contributed by atoms with Gasteiger partial charge in [0.25, 0.3) is 0 Å². The third kappa shape index (κ3) is 2.23. The first-order chi connectivity index (χ1) is 9.59. The van der Waals surface area contributed by atoms with E-state index in [1.165, 1.54) is 0 Å². The second-order valence-electron chi connectivity index (χ2n) is 4.98. The van der Waals surface area contributed by atoms with Crippen LogP contribution < -0.4 is 0 Å². The van der Waals surface area contributed by atoms with Crippen LogP contribution in [0.3, 0.4) is 0 Å². The molecule has 3 heteroatoms. The summed E-state index contributed by atoms with van der Waals surface area (Å²) in [6.07, 6.45) is 3.57. The minimum Gasteiger partial charge on any atom is -0.381 e. The van der Waals surface area contributed by atoms with Gasteiger partial charge in [0.1, 0.15) is 5.60 Å². The van der Waals surface area contributed by atoms with Crippen LogP contribution >= 0.6 is 15.9 Å². The van der Waals surface area contributed by atoms with Crippen molar-refractivity contribution in [3.63, 3.8) is 0 Å². The van der Waals surface area contributed by atoms with Gasteiger partial charge in [-0.1, -0.05) is 46.3 Å². The molecular formula is C17H14BrNO. The molecule has 0 aliphatic rings. The molecule has 2 nitrogen and oxygen atoms in total. The van der Waals surface area contributed by atoms with E-state index in [4.69, 9.17) is 0 Å². The Kier molecular flexibility index (Phi) is 3.32. The number of nitrogens with zero attached hydrogens (tertiary/aromatic N) is 1. The van der Waals surface area contributed by atoms with Crippen LogP contribution in [0, 0.1) is 0 Å². The number of fused-ring (bicyclic) bond motifs is 1. The Morgan fingerprint density at radius 1 is 1.05 bits per heavy atom. The highest BCUT2D eigenvalue weighted by Crippen LogP contribution is 2.34. The Morgan fingerprint density at radius 3 is 2.55 bits per heavy atom. The van der Waals surface area contributed by atoms with E-state index in [0.717, 1.165) is 26.4 Å².